The van der Waals surface area contributed by atoms with Crippen molar-refractivity contribution in [3.63, 3.8) is 0 Å². The molecule has 0 saturated carbocycles. The van der Waals surface area contributed by atoms with Crippen molar-refractivity contribution in [2.75, 3.05) is 43.5 Å². The van der Waals surface area contributed by atoms with Gasteiger partial charge in [0.05, 0.1) is 36.0 Å². The van der Waals surface area contributed by atoms with Crippen LogP contribution in [0.25, 0.3) is 10.9 Å². The Morgan fingerprint density at radius 1 is 1.07 bits per heavy atom. The van der Waals surface area contributed by atoms with Gasteiger partial charge in [0.15, 0.2) is 0 Å². The molecule has 1 aromatic heterocycles. The lowest BCUT2D eigenvalue weighted by atomic mass is 9.71. The zero-order valence-electron chi connectivity index (χ0n) is 26.6. The van der Waals surface area contributed by atoms with Gasteiger partial charge in [0.25, 0.3) is 0 Å². The van der Waals surface area contributed by atoms with Gasteiger partial charge < -0.3 is 24.6 Å². The van der Waals surface area contributed by atoms with Gasteiger partial charge in [-0.15, -0.1) is 0 Å². The number of ether oxygens (including phenoxy) is 2. The Morgan fingerprint density at radius 2 is 1.74 bits per heavy atom. The van der Waals surface area contributed by atoms with Crippen LogP contribution in [0.2, 0.25) is 0 Å². The van der Waals surface area contributed by atoms with Crippen LogP contribution >= 0.6 is 0 Å². The molecule has 43 heavy (non-hydrogen) atoms. The predicted octanol–water partition coefficient (Wildman–Crippen LogP) is 6.92. The quantitative estimate of drug-likeness (QED) is 0.345. The maximum atomic E-state index is 12.6. The number of rotatable bonds is 5. The van der Waals surface area contributed by atoms with Crippen LogP contribution in [-0.2, 0) is 4.74 Å². The number of aryl methyl sites for hydroxylation is 1. The highest BCUT2D eigenvalue weighted by atomic mass is 16.6. The molecule has 3 heterocycles. The number of likely N-dealkylation sites (tertiary alicyclic amines) is 1. The van der Waals surface area contributed by atoms with Crippen molar-refractivity contribution >= 4 is 28.5 Å². The third-order valence-corrected chi connectivity index (χ3v) is 9.06. The van der Waals surface area contributed by atoms with Crippen LogP contribution in [0.1, 0.15) is 81.9 Å². The molecule has 5 rings (SSSR count). The summed E-state index contributed by atoms with van der Waals surface area (Å²) in [5, 5.41) is 14.1. The van der Waals surface area contributed by atoms with Crippen LogP contribution in [0.3, 0.4) is 0 Å². The molecule has 2 aromatic carbocycles. The first-order valence-corrected chi connectivity index (χ1v) is 15.3. The molecular formula is C34H44N6O3. The molecule has 1 N–H and O–H groups in total. The average molecular weight is 585 g/mol. The van der Waals surface area contributed by atoms with Gasteiger partial charge in [-0.1, -0.05) is 12.1 Å². The minimum atomic E-state index is -0.477. The molecule has 1 atom stereocenters. The van der Waals surface area contributed by atoms with Crippen molar-refractivity contribution in [1.29, 1.82) is 5.26 Å². The second-order valence-corrected chi connectivity index (χ2v) is 13.1. The molecule has 9 nitrogen and oxygen atoms in total. The first-order chi connectivity index (χ1) is 20.4. The van der Waals surface area contributed by atoms with E-state index in [2.05, 4.69) is 35.3 Å². The standard InChI is InChI=1S/C34H44N6O3/c1-22-25(21-35)9-8-10-26(22)23(2)36-31-27-19-29(30(42-7)20-28(27)37-24(3)38-31)39-15-11-34(12-16-39)13-17-40(18-14-34)32(41)43-33(4,5)6/h8-10,19-20,23H,11-18H2,1-7H3,(H,36,37,38)/t23-/m1/s1. The summed E-state index contributed by atoms with van der Waals surface area (Å²) in [4.78, 5) is 26.4. The van der Waals surface area contributed by atoms with Crippen LogP contribution in [-0.4, -0.2) is 59.9 Å². The lowest BCUT2D eigenvalue weighted by molar-refractivity contribution is 0.00664. The molecule has 3 aromatic rings. The topological polar surface area (TPSA) is 104 Å². The number of hydrogen-bond donors (Lipinski definition) is 1. The Morgan fingerprint density at radius 3 is 2.37 bits per heavy atom. The molecule has 1 spiro atoms. The normalized spacial score (nSPS) is 17.4. The lowest BCUT2D eigenvalue weighted by Gasteiger charge is -2.47. The molecule has 2 aliphatic rings. The Kier molecular flexibility index (Phi) is 8.42. The smallest absolute Gasteiger partial charge is 0.410 e. The fraction of sp³-hybridized carbons (Fsp3) is 0.529. The minimum absolute atomic E-state index is 0.0576. The second-order valence-electron chi connectivity index (χ2n) is 13.1. The molecule has 2 fully saturated rings. The van der Waals surface area contributed by atoms with Gasteiger partial charge in [-0.3, -0.25) is 0 Å². The first-order valence-electron chi connectivity index (χ1n) is 15.3. The number of piperidine rings is 2. The third kappa shape index (κ3) is 6.48. The summed E-state index contributed by atoms with van der Waals surface area (Å²) in [6, 6.07) is 12.2. The van der Waals surface area contributed by atoms with E-state index in [4.69, 9.17) is 19.4 Å². The number of aromatic nitrogens is 2. The van der Waals surface area contributed by atoms with Crippen molar-refractivity contribution in [3.05, 3.63) is 52.8 Å². The van der Waals surface area contributed by atoms with E-state index in [0.29, 0.717) is 11.4 Å². The number of hydrogen-bond acceptors (Lipinski definition) is 8. The minimum Gasteiger partial charge on any atom is -0.495 e. The summed E-state index contributed by atoms with van der Waals surface area (Å²) < 4.78 is 11.5. The van der Waals surface area contributed by atoms with Crippen molar-refractivity contribution < 1.29 is 14.3 Å². The number of amides is 1. The lowest BCUT2D eigenvalue weighted by Crippen LogP contribution is -2.49. The molecule has 0 radical (unpaired) electrons. The largest absolute Gasteiger partial charge is 0.495 e. The molecule has 228 valence electrons. The number of benzene rings is 2. The highest BCUT2D eigenvalue weighted by Gasteiger charge is 2.40. The number of methoxy groups -OCH3 is 1. The monoisotopic (exact) mass is 584 g/mol. The Balaban J connectivity index is 1.35. The van der Waals surface area contributed by atoms with Gasteiger partial charge in [-0.25, -0.2) is 14.8 Å². The molecule has 2 saturated heterocycles. The fourth-order valence-electron chi connectivity index (χ4n) is 6.52. The van der Waals surface area contributed by atoms with Crippen molar-refractivity contribution in [1.82, 2.24) is 14.9 Å². The van der Waals surface area contributed by atoms with Gasteiger partial charge in [0.2, 0.25) is 0 Å². The Bertz CT molecular complexity index is 1540. The van der Waals surface area contributed by atoms with E-state index >= 15 is 0 Å². The van der Waals surface area contributed by atoms with Gasteiger partial charge in [0.1, 0.15) is 23.0 Å². The first kappa shape index (κ1) is 30.4. The van der Waals surface area contributed by atoms with Crippen molar-refractivity contribution in [2.24, 2.45) is 5.41 Å². The van der Waals surface area contributed by atoms with E-state index in [9.17, 15) is 10.1 Å². The number of nitrogens with zero attached hydrogens (tertiary/aromatic N) is 5. The SMILES string of the molecule is COc1cc2nc(C)nc(N[C@H](C)c3cccc(C#N)c3C)c2cc1N1CCC2(CCN(C(=O)OC(C)(C)C)CC2)CC1. The molecule has 0 aliphatic carbocycles. The van der Waals surface area contributed by atoms with Crippen LogP contribution < -0.4 is 15.0 Å². The summed E-state index contributed by atoms with van der Waals surface area (Å²) >= 11 is 0. The highest BCUT2D eigenvalue weighted by molar-refractivity contribution is 5.94. The number of anilines is 2. The number of nitrogens with one attached hydrogen (secondary N) is 1. The van der Waals surface area contributed by atoms with Gasteiger partial charge in [0, 0.05) is 37.6 Å². The average Bonchev–Trinajstić information content (AvgIpc) is 2.96. The number of nitriles is 1. The van der Waals surface area contributed by atoms with E-state index in [1.54, 1.807) is 7.11 Å². The van der Waals surface area contributed by atoms with Crippen molar-refractivity contribution in [3.8, 4) is 11.8 Å². The summed E-state index contributed by atoms with van der Waals surface area (Å²) in [6.07, 6.45) is 3.93. The van der Waals surface area contributed by atoms with Gasteiger partial charge in [-0.05, 0) is 95.9 Å². The van der Waals surface area contributed by atoms with E-state index in [-0.39, 0.29) is 17.6 Å². The van der Waals surface area contributed by atoms with Crippen LogP contribution in [0.15, 0.2) is 30.3 Å². The predicted molar refractivity (Wildman–Crippen MR) is 170 cm³/mol. The second kappa shape index (κ2) is 11.9. The summed E-state index contributed by atoms with van der Waals surface area (Å²) in [5.74, 6) is 2.25. The van der Waals surface area contributed by atoms with E-state index < -0.39 is 5.60 Å². The molecule has 1 amide bonds. The Labute approximate surface area is 255 Å². The number of carbonyl (C=O) groups excluding carboxylic acids is 1. The molecule has 2 aliphatic heterocycles. The third-order valence-electron chi connectivity index (χ3n) is 9.06. The summed E-state index contributed by atoms with van der Waals surface area (Å²) in [6.45, 7) is 15.0. The molecule has 9 heteroatoms. The highest BCUT2D eigenvalue weighted by Crippen LogP contribution is 2.44. The van der Waals surface area contributed by atoms with Crippen molar-refractivity contribution in [2.45, 2.75) is 78.9 Å². The molecule has 0 unspecified atom stereocenters. The maximum Gasteiger partial charge on any atom is 0.410 e. The van der Waals surface area contributed by atoms with Gasteiger partial charge in [-0.2, -0.15) is 5.26 Å². The fourth-order valence-corrected chi connectivity index (χ4v) is 6.52. The summed E-state index contributed by atoms with van der Waals surface area (Å²) in [7, 11) is 1.71. The zero-order valence-corrected chi connectivity index (χ0v) is 26.6. The van der Waals surface area contributed by atoms with Gasteiger partial charge >= 0.3 is 6.09 Å². The van der Waals surface area contributed by atoms with Crippen LogP contribution in [0.4, 0.5) is 16.3 Å². The summed E-state index contributed by atoms with van der Waals surface area (Å²) in [5.41, 5.74) is 4.36. The van der Waals surface area contributed by atoms with E-state index in [1.807, 2.05) is 57.7 Å². The molecular weight excluding hydrogens is 540 g/mol. The number of fused-ring (bicyclic) bond motifs is 1. The zero-order chi connectivity index (χ0) is 30.9. The number of carbonyl (C=O) groups is 1. The van der Waals surface area contributed by atoms with Crippen LogP contribution in [0.5, 0.6) is 5.75 Å². The van der Waals surface area contributed by atoms with E-state index in [0.717, 1.165) is 91.1 Å². The maximum absolute atomic E-state index is 12.6. The molecule has 0 bridgehead atoms. The Hall–Kier alpha value is -4.06. The van der Waals surface area contributed by atoms with Crippen LogP contribution in [0, 0.1) is 30.6 Å². The van der Waals surface area contributed by atoms with E-state index in [1.165, 1.54) is 0 Å².